The predicted octanol–water partition coefficient (Wildman–Crippen LogP) is 3.23. The lowest BCUT2D eigenvalue weighted by molar-refractivity contribution is -0.138. The molecule has 0 radical (unpaired) electrons. The van der Waals surface area contributed by atoms with Gasteiger partial charge in [0.2, 0.25) is 0 Å². The summed E-state index contributed by atoms with van der Waals surface area (Å²) in [6.07, 6.45) is 1.04. The second kappa shape index (κ2) is 6.75. The Labute approximate surface area is 131 Å². The number of benzene rings is 2. The smallest absolute Gasteiger partial charge is 0.317 e. The minimum Gasteiger partial charge on any atom is -0.480 e. The molecule has 114 valence electrons. The molecular weight excluding hydrogens is 274 g/mol. The number of carboxylic acids is 1. The van der Waals surface area contributed by atoms with Gasteiger partial charge in [-0.05, 0) is 30.0 Å². The van der Waals surface area contributed by atoms with Gasteiger partial charge in [-0.15, -0.1) is 0 Å². The fourth-order valence-electron chi connectivity index (χ4n) is 3.53. The Bertz CT molecular complexity index is 572. The van der Waals surface area contributed by atoms with E-state index in [-0.39, 0.29) is 6.54 Å². The first-order chi connectivity index (χ1) is 10.7. The molecule has 1 heterocycles. The van der Waals surface area contributed by atoms with Crippen molar-refractivity contribution in [3.8, 4) is 0 Å². The van der Waals surface area contributed by atoms with E-state index in [0.717, 1.165) is 19.5 Å². The summed E-state index contributed by atoms with van der Waals surface area (Å²) in [5.41, 5.74) is 2.63. The molecule has 1 fully saturated rings. The van der Waals surface area contributed by atoms with Gasteiger partial charge in [0.1, 0.15) is 0 Å². The number of aliphatic carboxylic acids is 1. The lowest BCUT2D eigenvalue weighted by atomic mass is 9.80. The second-order valence-corrected chi connectivity index (χ2v) is 5.98. The van der Waals surface area contributed by atoms with E-state index in [1.54, 1.807) is 0 Å². The Morgan fingerprint density at radius 1 is 1.05 bits per heavy atom. The lowest BCUT2D eigenvalue weighted by Crippen LogP contribution is -2.28. The van der Waals surface area contributed by atoms with Crippen LogP contribution < -0.4 is 0 Å². The molecule has 3 heteroatoms. The first-order valence-corrected chi connectivity index (χ1v) is 7.78. The molecule has 1 aliphatic rings. The second-order valence-electron chi connectivity index (χ2n) is 5.98. The van der Waals surface area contributed by atoms with E-state index in [2.05, 4.69) is 48.5 Å². The molecule has 1 saturated heterocycles. The molecule has 2 aromatic rings. The van der Waals surface area contributed by atoms with Crippen LogP contribution in [-0.4, -0.2) is 35.6 Å². The Balaban J connectivity index is 1.86. The first kappa shape index (κ1) is 14.8. The van der Waals surface area contributed by atoms with E-state index >= 15 is 0 Å². The van der Waals surface area contributed by atoms with Crippen molar-refractivity contribution in [1.82, 2.24) is 4.90 Å². The average Bonchev–Trinajstić information content (AvgIpc) is 2.97. The zero-order valence-electron chi connectivity index (χ0n) is 12.6. The summed E-state index contributed by atoms with van der Waals surface area (Å²) < 4.78 is 0. The maximum Gasteiger partial charge on any atom is 0.317 e. The van der Waals surface area contributed by atoms with Crippen molar-refractivity contribution in [2.24, 2.45) is 5.92 Å². The number of hydrogen-bond donors (Lipinski definition) is 1. The summed E-state index contributed by atoms with van der Waals surface area (Å²) in [7, 11) is 0. The summed E-state index contributed by atoms with van der Waals surface area (Å²) in [6, 6.07) is 21.1. The molecule has 3 rings (SSSR count). The van der Waals surface area contributed by atoms with Gasteiger partial charge in [0.25, 0.3) is 0 Å². The molecule has 1 unspecified atom stereocenters. The van der Waals surface area contributed by atoms with Gasteiger partial charge in [-0.2, -0.15) is 0 Å². The van der Waals surface area contributed by atoms with Crippen molar-refractivity contribution in [2.45, 2.75) is 12.3 Å². The molecule has 3 nitrogen and oxygen atoms in total. The van der Waals surface area contributed by atoms with Gasteiger partial charge in [0.15, 0.2) is 0 Å². The fourth-order valence-corrected chi connectivity index (χ4v) is 3.53. The van der Waals surface area contributed by atoms with E-state index in [4.69, 9.17) is 5.11 Å². The molecule has 22 heavy (non-hydrogen) atoms. The van der Waals surface area contributed by atoms with Crippen molar-refractivity contribution >= 4 is 5.97 Å². The largest absolute Gasteiger partial charge is 0.480 e. The van der Waals surface area contributed by atoms with Gasteiger partial charge in [-0.3, -0.25) is 9.69 Å². The Morgan fingerprint density at radius 2 is 1.59 bits per heavy atom. The van der Waals surface area contributed by atoms with Crippen LogP contribution in [0.1, 0.15) is 23.5 Å². The van der Waals surface area contributed by atoms with Crippen LogP contribution in [0.25, 0.3) is 0 Å². The molecule has 0 bridgehead atoms. The number of hydrogen-bond acceptors (Lipinski definition) is 2. The molecule has 2 aromatic carbocycles. The molecule has 0 aliphatic carbocycles. The van der Waals surface area contributed by atoms with E-state index in [0.29, 0.717) is 11.8 Å². The standard InChI is InChI=1S/C19H21NO2/c21-18(22)14-20-12-11-17(13-20)19(15-7-3-1-4-8-15)16-9-5-2-6-10-16/h1-10,17,19H,11-14H2,(H,21,22). The maximum atomic E-state index is 10.9. The third-order valence-corrected chi connectivity index (χ3v) is 4.46. The molecule has 1 N–H and O–H groups in total. The maximum absolute atomic E-state index is 10.9. The molecule has 0 saturated carbocycles. The summed E-state index contributed by atoms with van der Waals surface area (Å²) in [4.78, 5) is 13.0. The highest BCUT2D eigenvalue weighted by Crippen LogP contribution is 2.37. The summed E-state index contributed by atoms with van der Waals surface area (Å²) >= 11 is 0. The quantitative estimate of drug-likeness (QED) is 0.920. The van der Waals surface area contributed by atoms with Crippen LogP contribution in [0.4, 0.5) is 0 Å². The molecule has 0 aromatic heterocycles. The van der Waals surface area contributed by atoms with Gasteiger partial charge in [-0.1, -0.05) is 60.7 Å². The zero-order chi connectivity index (χ0) is 15.4. The summed E-state index contributed by atoms with van der Waals surface area (Å²) in [6.45, 7) is 1.86. The van der Waals surface area contributed by atoms with Crippen LogP contribution >= 0.6 is 0 Å². The monoisotopic (exact) mass is 295 g/mol. The Hall–Kier alpha value is -2.13. The molecular formula is C19H21NO2. The van der Waals surface area contributed by atoms with Crippen LogP contribution in [0.2, 0.25) is 0 Å². The van der Waals surface area contributed by atoms with Gasteiger partial charge < -0.3 is 5.11 Å². The van der Waals surface area contributed by atoms with Crippen LogP contribution in [-0.2, 0) is 4.79 Å². The third kappa shape index (κ3) is 3.37. The van der Waals surface area contributed by atoms with Crippen LogP contribution in [0.5, 0.6) is 0 Å². The minimum atomic E-state index is -0.739. The number of carboxylic acid groups (broad SMARTS) is 1. The van der Waals surface area contributed by atoms with Gasteiger partial charge in [-0.25, -0.2) is 0 Å². The predicted molar refractivity (Wildman–Crippen MR) is 86.9 cm³/mol. The van der Waals surface area contributed by atoms with E-state index in [1.165, 1.54) is 11.1 Å². The minimum absolute atomic E-state index is 0.146. The highest BCUT2D eigenvalue weighted by Gasteiger charge is 2.32. The number of likely N-dealkylation sites (tertiary alicyclic amines) is 1. The fraction of sp³-hybridized carbons (Fsp3) is 0.316. The van der Waals surface area contributed by atoms with Crippen molar-refractivity contribution in [3.05, 3.63) is 71.8 Å². The topological polar surface area (TPSA) is 40.5 Å². The van der Waals surface area contributed by atoms with Crippen molar-refractivity contribution < 1.29 is 9.90 Å². The van der Waals surface area contributed by atoms with Crippen LogP contribution in [0.15, 0.2) is 60.7 Å². The summed E-state index contributed by atoms with van der Waals surface area (Å²) in [5, 5.41) is 8.99. The van der Waals surface area contributed by atoms with Crippen LogP contribution in [0.3, 0.4) is 0 Å². The van der Waals surface area contributed by atoms with Crippen molar-refractivity contribution in [1.29, 1.82) is 0 Å². The molecule has 1 aliphatic heterocycles. The molecule has 0 amide bonds. The Kier molecular flexibility index (Phi) is 4.54. The number of nitrogens with zero attached hydrogens (tertiary/aromatic N) is 1. The van der Waals surface area contributed by atoms with Crippen LogP contribution in [0, 0.1) is 5.92 Å². The van der Waals surface area contributed by atoms with Crippen molar-refractivity contribution in [3.63, 3.8) is 0 Å². The number of rotatable bonds is 5. The van der Waals surface area contributed by atoms with E-state index < -0.39 is 5.97 Å². The molecule has 1 atom stereocenters. The number of carbonyl (C=O) groups is 1. The highest BCUT2D eigenvalue weighted by molar-refractivity contribution is 5.69. The lowest BCUT2D eigenvalue weighted by Gasteiger charge is -2.25. The first-order valence-electron chi connectivity index (χ1n) is 7.78. The molecule has 0 spiro atoms. The summed E-state index contributed by atoms with van der Waals surface area (Å²) in [5.74, 6) is 0.0574. The average molecular weight is 295 g/mol. The van der Waals surface area contributed by atoms with Gasteiger partial charge >= 0.3 is 5.97 Å². The Morgan fingerprint density at radius 3 is 2.09 bits per heavy atom. The highest BCUT2D eigenvalue weighted by atomic mass is 16.4. The van der Waals surface area contributed by atoms with E-state index in [9.17, 15) is 4.79 Å². The normalized spacial score (nSPS) is 18.7. The zero-order valence-corrected chi connectivity index (χ0v) is 12.6. The SMILES string of the molecule is O=C(O)CN1CCC(C(c2ccccc2)c2ccccc2)C1. The third-order valence-electron chi connectivity index (χ3n) is 4.46. The van der Waals surface area contributed by atoms with E-state index in [1.807, 2.05) is 17.0 Å². The van der Waals surface area contributed by atoms with Gasteiger partial charge in [0, 0.05) is 12.5 Å². The van der Waals surface area contributed by atoms with Crippen molar-refractivity contribution in [2.75, 3.05) is 19.6 Å². The van der Waals surface area contributed by atoms with Gasteiger partial charge in [0.05, 0.1) is 6.54 Å².